The fourth-order valence-corrected chi connectivity index (χ4v) is 4.16. The SMILES string of the molecule is C=Cc1nn(Cc2ccc(OC)cc2)cc1C(=O)N(C)OC.COc1ccc(Cn2cc(C(=O)N(C)OC)c(C(C)O)n2)cc1. The van der Waals surface area contributed by atoms with E-state index in [0.29, 0.717) is 35.6 Å². The van der Waals surface area contributed by atoms with Gasteiger partial charge in [0.1, 0.15) is 17.2 Å². The number of aliphatic hydroxyl groups is 1. The van der Waals surface area contributed by atoms with E-state index in [-0.39, 0.29) is 11.8 Å². The van der Waals surface area contributed by atoms with Crippen molar-refractivity contribution in [3.05, 3.63) is 101 Å². The second-order valence-corrected chi connectivity index (χ2v) is 9.80. The van der Waals surface area contributed by atoms with E-state index in [1.54, 1.807) is 56.0 Å². The van der Waals surface area contributed by atoms with Crippen LogP contribution < -0.4 is 9.47 Å². The minimum atomic E-state index is -0.851. The number of rotatable bonds is 12. The standard InChI is InChI=1S/C16H21N3O4.C16H19N3O3/c1-11(20)15-14(16(21)18(2)23-4)10-19(17-15)9-12-5-7-13(22-3)8-6-12;1-5-15-14(16(20)18(2)22-4)11-19(17-15)10-12-6-8-13(21-3)9-7-12/h5-8,10-11,20H,9H2,1-4H3;5-9,11H,1,10H2,2-4H3. The summed E-state index contributed by atoms with van der Waals surface area (Å²) < 4.78 is 13.6. The van der Waals surface area contributed by atoms with E-state index in [4.69, 9.17) is 19.1 Å². The van der Waals surface area contributed by atoms with Gasteiger partial charge in [0.15, 0.2) is 0 Å². The monoisotopic (exact) mass is 620 g/mol. The van der Waals surface area contributed by atoms with E-state index in [0.717, 1.165) is 32.8 Å². The number of aliphatic hydroxyl groups excluding tert-OH is 1. The number of ether oxygens (including phenoxy) is 2. The molecule has 240 valence electrons. The summed E-state index contributed by atoms with van der Waals surface area (Å²) in [5.74, 6) is 0.952. The molecule has 0 aliphatic carbocycles. The van der Waals surface area contributed by atoms with E-state index < -0.39 is 6.10 Å². The van der Waals surface area contributed by atoms with Gasteiger partial charge in [0.05, 0.1) is 64.5 Å². The lowest BCUT2D eigenvalue weighted by Crippen LogP contribution is -2.26. The topological polar surface area (TPSA) is 133 Å². The molecule has 1 atom stereocenters. The van der Waals surface area contributed by atoms with E-state index in [9.17, 15) is 14.7 Å². The highest BCUT2D eigenvalue weighted by atomic mass is 16.7. The molecule has 1 unspecified atom stereocenters. The molecule has 0 radical (unpaired) electrons. The van der Waals surface area contributed by atoms with Gasteiger partial charge in [-0.3, -0.25) is 28.6 Å². The Balaban J connectivity index is 0.000000246. The van der Waals surface area contributed by atoms with Crippen LogP contribution in [0.1, 0.15) is 56.3 Å². The summed E-state index contributed by atoms with van der Waals surface area (Å²) in [7, 11) is 9.14. The largest absolute Gasteiger partial charge is 0.497 e. The Bertz CT molecular complexity index is 1560. The maximum Gasteiger partial charge on any atom is 0.280 e. The van der Waals surface area contributed by atoms with Crippen molar-refractivity contribution >= 4 is 17.9 Å². The van der Waals surface area contributed by atoms with Crippen LogP contribution >= 0.6 is 0 Å². The first kappa shape index (κ1) is 34.5. The van der Waals surface area contributed by atoms with Crippen LogP contribution in [0.25, 0.3) is 6.08 Å². The number of nitrogens with zero attached hydrogens (tertiary/aromatic N) is 6. The third kappa shape index (κ3) is 9.01. The first-order valence-corrected chi connectivity index (χ1v) is 13.9. The first-order chi connectivity index (χ1) is 21.5. The zero-order chi connectivity index (χ0) is 33.1. The molecule has 0 fully saturated rings. The zero-order valence-corrected chi connectivity index (χ0v) is 26.6. The highest BCUT2D eigenvalue weighted by molar-refractivity contribution is 5.96. The van der Waals surface area contributed by atoms with Crippen molar-refractivity contribution in [3.8, 4) is 11.5 Å². The van der Waals surface area contributed by atoms with Crippen molar-refractivity contribution in [2.24, 2.45) is 0 Å². The van der Waals surface area contributed by atoms with Crippen molar-refractivity contribution in [1.82, 2.24) is 29.7 Å². The fourth-order valence-electron chi connectivity index (χ4n) is 4.16. The van der Waals surface area contributed by atoms with E-state index >= 15 is 0 Å². The Morgan fingerprint density at radius 3 is 1.62 bits per heavy atom. The molecule has 13 nitrogen and oxygen atoms in total. The molecule has 2 aromatic carbocycles. The van der Waals surface area contributed by atoms with Gasteiger partial charge in [0, 0.05) is 26.5 Å². The molecule has 0 aliphatic heterocycles. The molecule has 0 spiro atoms. The number of hydrogen-bond acceptors (Lipinski definition) is 9. The average molecular weight is 621 g/mol. The second-order valence-electron chi connectivity index (χ2n) is 9.80. The van der Waals surface area contributed by atoms with Crippen LogP contribution in [0.4, 0.5) is 0 Å². The fraction of sp³-hybridized carbons (Fsp3) is 0.312. The molecule has 0 saturated heterocycles. The minimum absolute atomic E-state index is 0.265. The molecule has 4 rings (SSSR count). The van der Waals surface area contributed by atoms with Gasteiger partial charge in [-0.15, -0.1) is 0 Å². The Kier molecular flexibility index (Phi) is 12.4. The van der Waals surface area contributed by atoms with Crippen LogP contribution in [0.5, 0.6) is 11.5 Å². The molecule has 13 heteroatoms. The summed E-state index contributed by atoms with van der Waals surface area (Å²) in [6, 6.07) is 15.2. The molecule has 2 heterocycles. The van der Waals surface area contributed by atoms with Crippen LogP contribution in [-0.2, 0) is 22.8 Å². The summed E-state index contributed by atoms with van der Waals surface area (Å²) >= 11 is 0. The number of hydroxylamine groups is 4. The van der Waals surface area contributed by atoms with Crippen molar-refractivity contribution in [3.63, 3.8) is 0 Å². The molecule has 45 heavy (non-hydrogen) atoms. The lowest BCUT2D eigenvalue weighted by atomic mass is 10.1. The molecule has 0 bridgehead atoms. The van der Waals surface area contributed by atoms with Gasteiger partial charge in [-0.05, 0) is 48.4 Å². The normalized spacial score (nSPS) is 11.2. The molecule has 2 amide bonds. The Labute approximate surface area is 262 Å². The average Bonchev–Trinajstić information content (AvgIpc) is 3.68. The van der Waals surface area contributed by atoms with Crippen molar-refractivity contribution < 1.29 is 33.8 Å². The molecular formula is C32H40N6O7. The zero-order valence-electron chi connectivity index (χ0n) is 26.6. The summed E-state index contributed by atoms with van der Waals surface area (Å²) in [4.78, 5) is 34.3. The maximum absolute atomic E-state index is 12.3. The highest BCUT2D eigenvalue weighted by Gasteiger charge is 2.23. The maximum atomic E-state index is 12.3. The molecular weight excluding hydrogens is 580 g/mol. The number of methoxy groups -OCH3 is 2. The predicted octanol–water partition coefficient (Wildman–Crippen LogP) is 3.84. The van der Waals surface area contributed by atoms with Gasteiger partial charge in [0.2, 0.25) is 0 Å². The highest BCUT2D eigenvalue weighted by Crippen LogP contribution is 2.20. The summed E-state index contributed by atoms with van der Waals surface area (Å²) in [6.07, 6.45) is 4.01. The summed E-state index contributed by atoms with van der Waals surface area (Å²) in [5, 5.41) is 20.8. The predicted molar refractivity (Wildman–Crippen MR) is 168 cm³/mol. The first-order valence-electron chi connectivity index (χ1n) is 13.9. The molecule has 0 aliphatic rings. The summed E-state index contributed by atoms with van der Waals surface area (Å²) in [6.45, 7) is 6.30. The van der Waals surface area contributed by atoms with Crippen molar-refractivity contribution in [2.75, 3.05) is 42.5 Å². The van der Waals surface area contributed by atoms with Crippen LogP contribution in [0.2, 0.25) is 0 Å². The Hall–Kier alpha value is -4.98. The third-order valence-corrected chi connectivity index (χ3v) is 6.76. The van der Waals surface area contributed by atoms with Crippen LogP contribution in [0.15, 0.2) is 67.5 Å². The summed E-state index contributed by atoms with van der Waals surface area (Å²) in [5.41, 5.74) is 3.68. The van der Waals surface area contributed by atoms with E-state index in [2.05, 4.69) is 16.8 Å². The molecule has 4 aromatic rings. The quantitative estimate of drug-likeness (QED) is 0.235. The lowest BCUT2D eigenvalue weighted by molar-refractivity contribution is -0.0758. The van der Waals surface area contributed by atoms with E-state index in [1.165, 1.54) is 21.3 Å². The number of carbonyl (C=O) groups is 2. The van der Waals surface area contributed by atoms with Crippen LogP contribution in [0.3, 0.4) is 0 Å². The molecule has 1 N–H and O–H groups in total. The molecule has 2 aromatic heterocycles. The van der Waals surface area contributed by atoms with Gasteiger partial charge >= 0.3 is 0 Å². The smallest absolute Gasteiger partial charge is 0.280 e. The van der Waals surface area contributed by atoms with Gasteiger partial charge in [0.25, 0.3) is 11.8 Å². The molecule has 0 saturated carbocycles. The van der Waals surface area contributed by atoms with Crippen molar-refractivity contribution in [1.29, 1.82) is 0 Å². The Morgan fingerprint density at radius 2 is 1.22 bits per heavy atom. The minimum Gasteiger partial charge on any atom is -0.497 e. The number of carbonyl (C=O) groups excluding carboxylic acids is 2. The van der Waals surface area contributed by atoms with E-state index in [1.807, 2.05) is 48.5 Å². The van der Waals surface area contributed by atoms with Crippen LogP contribution in [-0.4, -0.2) is 89.1 Å². The van der Waals surface area contributed by atoms with Crippen molar-refractivity contribution in [2.45, 2.75) is 26.1 Å². The number of aromatic nitrogens is 4. The van der Waals surface area contributed by atoms with Gasteiger partial charge in [-0.1, -0.05) is 30.8 Å². The van der Waals surface area contributed by atoms with Crippen LogP contribution in [0, 0.1) is 0 Å². The number of amides is 2. The second kappa shape index (κ2) is 16.2. The lowest BCUT2D eigenvalue weighted by Gasteiger charge is -2.13. The Morgan fingerprint density at radius 1 is 0.800 bits per heavy atom. The van der Waals surface area contributed by atoms with Gasteiger partial charge in [-0.2, -0.15) is 10.2 Å². The van der Waals surface area contributed by atoms with Gasteiger partial charge < -0.3 is 14.6 Å². The number of hydrogen-bond donors (Lipinski definition) is 1. The third-order valence-electron chi connectivity index (χ3n) is 6.76. The van der Waals surface area contributed by atoms with Gasteiger partial charge in [-0.25, -0.2) is 10.1 Å². The number of benzene rings is 2.